The van der Waals surface area contributed by atoms with Crippen LogP contribution in [-0.2, 0) is 35.1 Å². The van der Waals surface area contributed by atoms with Crippen molar-refractivity contribution in [2.24, 2.45) is 11.8 Å². The minimum atomic E-state index is -1.53. The number of cyclic esters (lactones) is 1. The highest BCUT2D eigenvalue weighted by molar-refractivity contribution is 6.04. The van der Waals surface area contributed by atoms with E-state index in [4.69, 9.17) is 14.6 Å². The van der Waals surface area contributed by atoms with E-state index in [0.29, 0.717) is 18.4 Å². The Balaban J connectivity index is 2.30. The van der Waals surface area contributed by atoms with Gasteiger partial charge in [-0.2, -0.15) is 0 Å². The van der Waals surface area contributed by atoms with Crippen molar-refractivity contribution in [2.45, 2.75) is 71.4 Å². The molecule has 9 nitrogen and oxygen atoms in total. The zero-order chi connectivity index (χ0) is 27.4. The molecule has 2 amide bonds. The molecule has 0 spiro atoms. The number of nitrogens with zero attached hydrogens (tertiary/aromatic N) is 1. The molecule has 1 heterocycles. The van der Waals surface area contributed by atoms with Crippen molar-refractivity contribution in [3.8, 4) is 0 Å². The van der Waals surface area contributed by atoms with Gasteiger partial charge in [0.05, 0.1) is 12.0 Å². The Hall–Kier alpha value is -3.33. The molecule has 1 aliphatic heterocycles. The van der Waals surface area contributed by atoms with Crippen molar-refractivity contribution in [1.29, 1.82) is 0 Å². The fourth-order valence-electron chi connectivity index (χ4n) is 4.19. The molecule has 0 bridgehead atoms. The molecular formula is C28H37NO8. The summed E-state index contributed by atoms with van der Waals surface area (Å²) in [7, 11) is 0. The van der Waals surface area contributed by atoms with Crippen LogP contribution in [0.1, 0.15) is 58.4 Å². The topological polar surface area (TPSA) is 127 Å². The Morgan fingerprint density at radius 2 is 1.76 bits per heavy atom. The molecule has 1 saturated heterocycles. The Labute approximate surface area is 217 Å². The number of ketones is 2. The average molecular weight is 516 g/mol. The van der Waals surface area contributed by atoms with Crippen LogP contribution in [-0.4, -0.2) is 64.9 Å². The van der Waals surface area contributed by atoms with Gasteiger partial charge in [0.2, 0.25) is 5.91 Å². The van der Waals surface area contributed by atoms with Crippen molar-refractivity contribution >= 4 is 29.5 Å². The smallest absolute Gasteiger partial charge is 0.416 e. The van der Waals surface area contributed by atoms with E-state index in [2.05, 4.69) is 0 Å². The van der Waals surface area contributed by atoms with Gasteiger partial charge in [0.1, 0.15) is 6.61 Å². The van der Waals surface area contributed by atoms with Crippen molar-refractivity contribution in [1.82, 2.24) is 4.90 Å². The van der Waals surface area contributed by atoms with Crippen molar-refractivity contribution in [2.75, 3.05) is 13.2 Å². The number of benzene rings is 1. The number of hydrogen-bond donors (Lipinski definition) is 1. The summed E-state index contributed by atoms with van der Waals surface area (Å²) in [6.07, 6.45) is 2.98. The van der Waals surface area contributed by atoms with Crippen LogP contribution < -0.4 is 0 Å². The second-order valence-corrected chi connectivity index (χ2v) is 9.51. The zero-order valence-corrected chi connectivity index (χ0v) is 21.8. The van der Waals surface area contributed by atoms with Gasteiger partial charge in [-0.25, -0.2) is 9.69 Å². The van der Waals surface area contributed by atoms with Gasteiger partial charge in [-0.05, 0) is 42.9 Å². The fourth-order valence-corrected chi connectivity index (χ4v) is 4.19. The van der Waals surface area contributed by atoms with Crippen molar-refractivity contribution in [3.63, 3.8) is 0 Å². The first-order valence-corrected chi connectivity index (χ1v) is 12.7. The van der Waals surface area contributed by atoms with Crippen LogP contribution in [0.15, 0.2) is 42.5 Å². The molecule has 202 valence electrons. The number of carbonyl (C=O) groups excluding carboxylic acids is 5. The number of carbonyl (C=O) groups is 5. The fraction of sp³-hybridized carbons (Fsp3) is 0.536. The number of aliphatic hydroxyl groups excluding tert-OH is 1. The van der Waals surface area contributed by atoms with E-state index in [9.17, 15) is 24.0 Å². The highest BCUT2D eigenvalue weighted by atomic mass is 16.6. The number of rotatable bonds is 15. The highest BCUT2D eigenvalue weighted by Gasteiger charge is 2.46. The van der Waals surface area contributed by atoms with Gasteiger partial charge in [-0.15, -0.1) is 0 Å². The molecule has 1 aliphatic rings. The maximum absolute atomic E-state index is 13.7. The Morgan fingerprint density at radius 3 is 2.38 bits per heavy atom. The van der Waals surface area contributed by atoms with E-state index in [1.807, 2.05) is 13.8 Å². The molecule has 9 heteroatoms. The van der Waals surface area contributed by atoms with Gasteiger partial charge in [-0.1, -0.05) is 57.0 Å². The molecule has 0 saturated carbocycles. The van der Waals surface area contributed by atoms with Crippen molar-refractivity contribution in [3.05, 3.63) is 48.0 Å². The normalized spacial score (nSPS) is 17.1. The Bertz CT molecular complexity index is 972. The Kier molecular flexibility index (Phi) is 12.2. The van der Waals surface area contributed by atoms with Crippen LogP contribution in [0.3, 0.4) is 0 Å². The molecule has 2 rings (SSSR count). The van der Waals surface area contributed by atoms with Crippen LogP contribution in [0.4, 0.5) is 4.79 Å². The van der Waals surface area contributed by atoms with E-state index in [1.54, 1.807) is 30.3 Å². The lowest BCUT2D eigenvalue weighted by Gasteiger charge is -2.30. The standard InChI is InChI=1S/C28H37NO8/c1-19(2)24-18-36-28(35)29(24)27(34)23(17-21-11-7-6-8-12-21)26(37-20(3)31)25(33)15-14-22(32)13-9-4-5-10-16-30/h6-8,11-12,14-15,19,23-24,26,30H,4-5,9-10,13,16-18H2,1-3H3/t23-,24+,26-/m0/s1. The van der Waals surface area contributed by atoms with Gasteiger partial charge in [-0.3, -0.25) is 19.2 Å². The third-order valence-electron chi connectivity index (χ3n) is 6.23. The van der Waals surface area contributed by atoms with Gasteiger partial charge in [0, 0.05) is 20.0 Å². The molecule has 0 aromatic heterocycles. The summed E-state index contributed by atoms with van der Waals surface area (Å²) in [5.74, 6) is -3.72. The highest BCUT2D eigenvalue weighted by Crippen LogP contribution is 2.27. The summed E-state index contributed by atoms with van der Waals surface area (Å²) in [5, 5.41) is 8.83. The summed E-state index contributed by atoms with van der Waals surface area (Å²) < 4.78 is 10.5. The zero-order valence-electron chi connectivity index (χ0n) is 21.8. The molecule has 0 aliphatic carbocycles. The number of imide groups is 1. The van der Waals surface area contributed by atoms with E-state index >= 15 is 0 Å². The van der Waals surface area contributed by atoms with E-state index in [0.717, 1.165) is 36.8 Å². The van der Waals surface area contributed by atoms with E-state index in [-0.39, 0.29) is 37.8 Å². The summed E-state index contributed by atoms with van der Waals surface area (Å²) in [6, 6.07) is 8.38. The minimum absolute atomic E-state index is 0.0323. The predicted octanol–water partition coefficient (Wildman–Crippen LogP) is 3.42. The quantitative estimate of drug-likeness (QED) is 0.214. The number of allylic oxidation sites excluding steroid dienone is 1. The molecular weight excluding hydrogens is 478 g/mol. The maximum Gasteiger partial charge on any atom is 0.416 e. The summed E-state index contributed by atoms with van der Waals surface area (Å²) in [4.78, 5) is 64.7. The molecule has 1 N–H and O–H groups in total. The van der Waals surface area contributed by atoms with Crippen LogP contribution in [0.5, 0.6) is 0 Å². The molecule has 0 unspecified atom stereocenters. The number of amides is 2. The Morgan fingerprint density at radius 1 is 1.08 bits per heavy atom. The second kappa shape index (κ2) is 15.0. The average Bonchev–Trinajstić information content (AvgIpc) is 3.26. The lowest BCUT2D eigenvalue weighted by molar-refractivity contribution is -0.159. The van der Waals surface area contributed by atoms with Crippen LogP contribution in [0, 0.1) is 11.8 Å². The number of unbranched alkanes of at least 4 members (excludes halogenated alkanes) is 3. The largest absolute Gasteiger partial charge is 0.453 e. The molecule has 3 atom stereocenters. The number of esters is 1. The summed E-state index contributed by atoms with van der Waals surface area (Å²) >= 11 is 0. The maximum atomic E-state index is 13.7. The monoisotopic (exact) mass is 515 g/mol. The lowest BCUT2D eigenvalue weighted by atomic mass is 9.89. The van der Waals surface area contributed by atoms with Crippen LogP contribution in [0.25, 0.3) is 0 Å². The molecule has 37 heavy (non-hydrogen) atoms. The predicted molar refractivity (Wildman–Crippen MR) is 135 cm³/mol. The van der Waals surface area contributed by atoms with Gasteiger partial charge in [0.15, 0.2) is 17.7 Å². The molecule has 0 radical (unpaired) electrons. The number of ether oxygens (including phenoxy) is 2. The molecule has 1 aromatic carbocycles. The van der Waals surface area contributed by atoms with Crippen LogP contribution in [0.2, 0.25) is 0 Å². The summed E-state index contributed by atoms with van der Waals surface area (Å²) in [5.41, 5.74) is 0.711. The lowest BCUT2D eigenvalue weighted by Crippen LogP contribution is -2.50. The minimum Gasteiger partial charge on any atom is -0.453 e. The SMILES string of the molecule is CC(=O)O[C@H](C(=O)C=CC(=O)CCCCCCO)[C@H](Cc1ccccc1)C(=O)N1C(=O)OC[C@@H]1C(C)C. The van der Waals surface area contributed by atoms with E-state index < -0.39 is 41.8 Å². The third kappa shape index (κ3) is 9.24. The first-order valence-electron chi connectivity index (χ1n) is 12.7. The first-order chi connectivity index (χ1) is 17.6. The number of hydrogen-bond acceptors (Lipinski definition) is 8. The molecule has 1 fully saturated rings. The van der Waals surface area contributed by atoms with E-state index in [1.165, 1.54) is 0 Å². The first kappa shape index (κ1) is 29.9. The summed E-state index contributed by atoms with van der Waals surface area (Å²) in [6.45, 7) is 4.99. The number of aliphatic hydroxyl groups is 1. The third-order valence-corrected chi connectivity index (χ3v) is 6.23. The van der Waals surface area contributed by atoms with Gasteiger partial charge < -0.3 is 14.6 Å². The second-order valence-electron chi connectivity index (χ2n) is 9.51. The van der Waals surface area contributed by atoms with Gasteiger partial charge in [0.25, 0.3) is 0 Å². The van der Waals surface area contributed by atoms with Crippen molar-refractivity contribution < 1.29 is 38.6 Å². The molecule has 1 aromatic rings. The van der Waals surface area contributed by atoms with Crippen LogP contribution >= 0.6 is 0 Å². The van der Waals surface area contributed by atoms with Gasteiger partial charge >= 0.3 is 12.1 Å².